The molecule has 0 nitrogen and oxygen atoms in total. The molecule has 0 aromatic heterocycles. The highest BCUT2D eigenvalue weighted by atomic mass is 14.2. The second kappa shape index (κ2) is 3.75. The molecule has 11 heavy (non-hydrogen) atoms. The Hall–Kier alpha value is -0.520. The van der Waals surface area contributed by atoms with Gasteiger partial charge in [-0.15, -0.1) is 0 Å². The molecule has 1 unspecified atom stereocenters. The molecule has 0 radical (unpaired) electrons. The standard InChI is InChI=1S/C11H18/c1-9(2)7-11-6-4-5-10(3)8-11/h7,11H,3-6,8H2,1-2H3. The lowest BCUT2D eigenvalue weighted by Crippen LogP contribution is -2.05. The molecule has 1 fully saturated rings. The van der Waals surface area contributed by atoms with Gasteiger partial charge in [0.2, 0.25) is 0 Å². The number of hydrogen-bond acceptors (Lipinski definition) is 0. The predicted molar refractivity (Wildman–Crippen MR) is 50.5 cm³/mol. The van der Waals surface area contributed by atoms with Gasteiger partial charge in [-0.2, -0.15) is 0 Å². The third-order valence-electron chi connectivity index (χ3n) is 2.23. The van der Waals surface area contributed by atoms with Crippen molar-refractivity contribution in [2.24, 2.45) is 5.92 Å². The van der Waals surface area contributed by atoms with E-state index in [2.05, 4.69) is 26.5 Å². The van der Waals surface area contributed by atoms with E-state index in [1.807, 2.05) is 0 Å². The Balaban J connectivity index is 2.46. The lowest BCUT2D eigenvalue weighted by molar-refractivity contribution is 0.494. The fraction of sp³-hybridized carbons (Fsp3) is 0.636. The third kappa shape index (κ3) is 2.92. The van der Waals surface area contributed by atoms with E-state index in [9.17, 15) is 0 Å². The first-order chi connectivity index (χ1) is 5.18. The predicted octanol–water partition coefficient (Wildman–Crippen LogP) is 3.70. The minimum Gasteiger partial charge on any atom is -0.0998 e. The Morgan fingerprint density at radius 3 is 2.82 bits per heavy atom. The van der Waals surface area contributed by atoms with Gasteiger partial charge in [0, 0.05) is 0 Å². The first-order valence-electron chi connectivity index (χ1n) is 4.50. The van der Waals surface area contributed by atoms with Gasteiger partial charge >= 0.3 is 0 Å². The van der Waals surface area contributed by atoms with Crippen LogP contribution in [0.3, 0.4) is 0 Å². The van der Waals surface area contributed by atoms with E-state index >= 15 is 0 Å². The van der Waals surface area contributed by atoms with Crippen LogP contribution in [0.1, 0.15) is 39.5 Å². The molecule has 1 aliphatic rings. The highest BCUT2D eigenvalue weighted by Crippen LogP contribution is 2.28. The molecule has 0 bridgehead atoms. The molecule has 62 valence electrons. The molecule has 0 heteroatoms. The molecule has 0 heterocycles. The summed E-state index contributed by atoms with van der Waals surface area (Å²) in [7, 11) is 0. The van der Waals surface area contributed by atoms with Gasteiger partial charge in [0.15, 0.2) is 0 Å². The zero-order chi connectivity index (χ0) is 8.27. The Kier molecular flexibility index (Phi) is 2.92. The summed E-state index contributed by atoms with van der Waals surface area (Å²) in [6, 6.07) is 0. The highest BCUT2D eigenvalue weighted by molar-refractivity contribution is 5.07. The van der Waals surface area contributed by atoms with Crippen molar-refractivity contribution < 1.29 is 0 Å². The molecule has 1 saturated carbocycles. The second-order valence-electron chi connectivity index (χ2n) is 3.85. The monoisotopic (exact) mass is 150 g/mol. The van der Waals surface area contributed by atoms with Crippen LogP contribution in [0.4, 0.5) is 0 Å². The summed E-state index contributed by atoms with van der Waals surface area (Å²) in [4.78, 5) is 0. The van der Waals surface area contributed by atoms with Crippen LogP contribution in [-0.4, -0.2) is 0 Å². The van der Waals surface area contributed by atoms with Crippen LogP contribution in [0, 0.1) is 5.92 Å². The SMILES string of the molecule is C=C1CCCC(C=C(C)C)C1. The van der Waals surface area contributed by atoms with Crippen molar-refractivity contribution in [3.05, 3.63) is 23.8 Å². The molecule has 1 aliphatic carbocycles. The van der Waals surface area contributed by atoms with Gasteiger partial charge in [0.05, 0.1) is 0 Å². The van der Waals surface area contributed by atoms with Gasteiger partial charge in [-0.3, -0.25) is 0 Å². The normalized spacial score (nSPS) is 24.9. The molecule has 0 aromatic rings. The summed E-state index contributed by atoms with van der Waals surface area (Å²) in [5.74, 6) is 0.793. The Morgan fingerprint density at radius 1 is 1.55 bits per heavy atom. The van der Waals surface area contributed by atoms with Crippen molar-refractivity contribution in [3.63, 3.8) is 0 Å². The molecule has 0 amide bonds. The van der Waals surface area contributed by atoms with E-state index in [0.717, 1.165) is 5.92 Å². The summed E-state index contributed by atoms with van der Waals surface area (Å²) in [5.41, 5.74) is 2.89. The molecule has 0 N–H and O–H groups in total. The van der Waals surface area contributed by atoms with Crippen molar-refractivity contribution in [1.82, 2.24) is 0 Å². The molecule has 0 aromatic carbocycles. The Bertz CT molecular complexity index is 170. The van der Waals surface area contributed by atoms with Crippen molar-refractivity contribution in [2.45, 2.75) is 39.5 Å². The fourth-order valence-corrected chi connectivity index (χ4v) is 1.80. The zero-order valence-electron chi connectivity index (χ0n) is 7.69. The second-order valence-corrected chi connectivity index (χ2v) is 3.85. The van der Waals surface area contributed by atoms with Crippen LogP contribution in [0.25, 0.3) is 0 Å². The average molecular weight is 150 g/mol. The van der Waals surface area contributed by atoms with Gasteiger partial charge < -0.3 is 0 Å². The molecule has 0 aliphatic heterocycles. The minimum atomic E-state index is 0.793. The maximum atomic E-state index is 4.04. The third-order valence-corrected chi connectivity index (χ3v) is 2.23. The Morgan fingerprint density at radius 2 is 2.27 bits per heavy atom. The summed E-state index contributed by atoms with van der Waals surface area (Å²) in [5, 5.41) is 0. The average Bonchev–Trinajstić information content (AvgIpc) is 1.85. The van der Waals surface area contributed by atoms with Crippen LogP contribution in [0.15, 0.2) is 23.8 Å². The lowest BCUT2D eigenvalue weighted by atomic mass is 9.85. The highest BCUT2D eigenvalue weighted by Gasteiger charge is 2.12. The number of allylic oxidation sites excluding steroid dienone is 3. The quantitative estimate of drug-likeness (QED) is 0.500. The number of rotatable bonds is 1. The van der Waals surface area contributed by atoms with Crippen LogP contribution >= 0.6 is 0 Å². The smallest absolute Gasteiger partial charge is 0.0194 e. The molecular weight excluding hydrogens is 132 g/mol. The molecule has 0 saturated heterocycles. The summed E-state index contributed by atoms with van der Waals surface area (Å²) in [6.45, 7) is 8.40. The molecule has 1 atom stereocenters. The summed E-state index contributed by atoms with van der Waals surface area (Å²) >= 11 is 0. The van der Waals surface area contributed by atoms with Gasteiger partial charge in [-0.05, 0) is 45.4 Å². The Labute approximate surface area is 70.0 Å². The first kappa shape index (κ1) is 8.58. The van der Waals surface area contributed by atoms with E-state index in [1.165, 1.54) is 36.8 Å². The van der Waals surface area contributed by atoms with Gasteiger partial charge in [0.1, 0.15) is 0 Å². The van der Waals surface area contributed by atoms with Gasteiger partial charge in [-0.25, -0.2) is 0 Å². The van der Waals surface area contributed by atoms with Gasteiger partial charge in [-0.1, -0.05) is 23.8 Å². The maximum absolute atomic E-state index is 4.04. The van der Waals surface area contributed by atoms with Crippen molar-refractivity contribution in [2.75, 3.05) is 0 Å². The van der Waals surface area contributed by atoms with E-state index in [1.54, 1.807) is 0 Å². The zero-order valence-corrected chi connectivity index (χ0v) is 7.69. The summed E-state index contributed by atoms with van der Waals surface area (Å²) < 4.78 is 0. The summed E-state index contributed by atoms with van der Waals surface area (Å²) in [6.07, 6.45) is 7.58. The van der Waals surface area contributed by atoms with E-state index in [4.69, 9.17) is 0 Å². The van der Waals surface area contributed by atoms with E-state index in [-0.39, 0.29) is 0 Å². The lowest BCUT2D eigenvalue weighted by Gasteiger charge is -2.20. The molecule has 1 rings (SSSR count). The minimum absolute atomic E-state index is 0.793. The van der Waals surface area contributed by atoms with Crippen molar-refractivity contribution in [1.29, 1.82) is 0 Å². The van der Waals surface area contributed by atoms with E-state index < -0.39 is 0 Å². The van der Waals surface area contributed by atoms with Crippen LogP contribution < -0.4 is 0 Å². The number of hydrogen-bond donors (Lipinski definition) is 0. The molecule has 0 spiro atoms. The maximum Gasteiger partial charge on any atom is -0.0194 e. The van der Waals surface area contributed by atoms with Crippen LogP contribution in [0.2, 0.25) is 0 Å². The fourth-order valence-electron chi connectivity index (χ4n) is 1.80. The van der Waals surface area contributed by atoms with E-state index in [0.29, 0.717) is 0 Å². The van der Waals surface area contributed by atoms with Gasteiger partial charge in [0.25, 0.3) is 0 Å². The van der Waals surface area contributed by atoms with Crippen molar-refractivity contribution in [3.8, 4) is 0 Å². The topological polar surface area (TPSA) is 0 Å². The first-order valence-corrected chi connectivity index (χ1v) is 4.50. The molecular formula is C11H18. The van der Waals surface area contributed by atoms with Crippen LogP contribution in [-0.2, 0) is 0 Å². The van der Waals surface area contributed by atoms with Crippen molar-refractivity contribution >= 4 is 0 Å². The van der Waals surface area contributed by atoms with Crippen LogP contribution in [0.5, 0.6) is 0 Å². The largest absolute Gasteiger partial charge is 0.0998 e.